The fourth-order valence-corrected chi connectivity index (χ4v) is 4.49. The molecule has 0 saturated heterocycles. The molecular weight excluding hydrogens is 567 g/mol. The van der Waals surface area contributed by atoms with E-state index in [9.17, 15) is 35.5 Å². The molecule has 4 rings (SSSR count). The van der Waals surface area contributed by atoms with Crippen LogP contribution in [0.25, 0.3) is 11.0 Å². The first-order valence-electron chi connectivity index (χ1n) is 12.8. The highest BCUT2D eigenvalue weighted by atomic mass is 19.4. The number of likely N-dealkylation sites (N-methyl/N-ethyl adjacent to an activating group) is 2. The van der Waals surface area contributed by atoms with Crippen LogP contribution in [0, 0.1) is 5.82 Å². The molecule has 13 heteroatoms. The second kappa shape index (κ2) is 11.9. The Morgan fingerprint density at radius 1 is 0.905 bits per heavy atom. The molecule has 0 aliphatic heterocycles. The van der Waals surface area contributed by atoms with Crippen LogP contribution in [0.15, 0.2) is 66.7 Å². The number of urea groups is 1. The van der Waals surface area contributed by atoms with Gasteiger partial charge in [0, 0.05) is 33.2 Å². The molecule has 4 aromatic rings. The fraction of sp³-hybridized carbons (Fsp3) is 0.310. The molecule has 224 valence electrons. The first-order valence-corrected chi connectivity index (χ1v) is 12.8. The lowest BCUT2D eigenvalue weighted by Gasteiger charge is -2.30. The Balaban J connectivity index is 1.47. The molecule has 0 aliphatic rings. The van der Waals surface area contributed by atoms with E-state index in [0.717, 1.165) is 16.6 Å². The second-order valence-electron chi connectivity index (χ2n) is 10.0. The number of hydrogen-bond donors (Lipinski definition) is 1. The number of anilines is 1. The zero-order valence-corrected chi connectivity index (χ0v) is 22.9. The van der Waals surface area contributed by atoms with Crippen molar-refractivity contribution >= 4 is 23.0 Å². The zero-order valence-electron chi connectivity index (χ0n) is 22.9. The van der Waals surface area contributed by atoms with Gasteiger partial charge in [-0.3, -0.25) is 0 Å². The number of rotatable bonds is 8. The topological polar surface area (TPSA) is 53.4 Å². The van der Waals surface area contributed by atoms with Crippen molar-refractivity contribution in [3.8, 4) is 0 Å². The van der Waals surface area contributed by atoms with E-state index >= 15 is 0 Å². The summed E-state index contributed by atoms with van der Waals surface area (Å²) in [6.45, 7) is 1.86. The third kappa shape index (κ3) is 7.12. The van der Waals surface area contributed by atoms with E-state index in [1.54, 1.807) is 19.2 Å². The van der Waals surface area contributed by atoms with Gasteiger partial charge in [-0.1, -0.05) is 24.3 Å². The van der Waals surface area contributed by atoms with Crippen LogP contribution < -0.4 is 10.2 Å². The van der Waals surface area contributed by atoms with Crippen LogP contribution in [-0.2, 0) is 25.4 Å². The van der Waals surface area contributed by atoms with Crippen LogP contribution in [0.1, 0.15) is 29.2 Å². The van der Waals surface area contributed by atoms with Gasteiger partial charge in [0.15, 0.2) is 0 Å². The third-order valence-corrected chi connectivity index (χ3v) is 6.84. The smallest absolute Gasteiger partial charge is 0.341 e. The quantitative estimate of drug-likeness (QED) is 0.225. The molecule has 1 unspecified atom stereocenters. The minimum Gasteiger partial charge on any atom is -0.341 e. The summed E-state index contributed by atoms with van der Waals surface area (Å²) in [5.74, 6) is 0.237. The summed E-state index contributed by atoms with van der Waals surface area (Å²) < 4.78 is 94.4. The zero-order chi connectivity index (χ0) is 30.8. The van der Waals surface area contributed by atoms with Gasteiger partial charge < -0.3 is 19.7 Å². The van der Waals surface area contributed by atoms with Gasteiger partial charge in [-0.25, -0.2) is 14.2 Å². The monoisotopic (exact) mass is 595 g/mol. The number of carbonyl (C=O) groups is 1. The number of hydrogen-bond acceptors (Lipinski definition) is 3. The number of fused-ring (bicyclic) bond motifs is 1. The van der Waals surface area contributed by atoms with Gasteiger partial charge in [0.1, 0.15) is 5.82 Å². The van der Waals surface area contributed by atoms with Crippen LogP contribution >= 0.6 is 0 Å². The number of alkyl halides is 6. The molecule has 1 N–H and O–H groups in total. The summed E-state index contributed by atoms with van der Waals surface area (Å²) in [7, 11) is 3.26. The minimum absolute atomic E-state index is 0.0400. The van der Waals surface area contributed by atoms with E-state index in [1.165, 1.54) is 24.1 Å². The molecule has 42 heavy (non-hydrogen) atoms. The van der Waals surface area contributed by atoms with Crippen molar-refractivity contribution in [1.29, 1.82) is 0 Å². The molecule has 0 fully saturated rings. The molecule has 0 bridgehead atoms. The van der Waals surface area contributed by atoms with Crippen molar-refractivity contribution in [3.63, 3.8) is 0 Å². The number of halogens is 7. The van der Waals surface area contributed by atoms with Crippen molar-refractivity contribution in [2.45, 2.75) is 38.4 Å². The highest BCUT2D eigenvalue weighted by Crippen LogP contribution is 2.36. The number of carbonyl (C=O) groups excluding carboxylic acids is 1. The van der Waals surface area contributed by atoms with Crippen LogP contribution in [-0.4, -0.2) is 47.2 Å². The summed E-state index contributed by atoms with van der Waals surface area (Å²) >= 11 is 0. The molecule has 1 aromatic heterocycles. The Kier molecular flexibility index (Phi) is 8.69. The van der Waals surface area contributed by atoms with Gasteiger partial charge in [0.05, 0.1) is 28.7 Å². The first-order chi connectivity index (χ1) is 19.6. The molecule has 0 spiro atoms. The van der Waals surface area contributed by atoms with E-state index in [2.05, 4.69) is 5.32 Å². The SMILES string of the molecule is CC(CN(C)C(=O)NCc1cc(C(F)(F)F)cc(C(F)(F)F)c1)N(C)c1nc2ccccc2n1Cc1ccc(F)cc1. The average molecular weight is 596 g/mol. The molecule has 0 saturated carbocycles. The largest absolute Gasteiger partial charge is 0.416 e. The molecular formula is C29H28F7N5O. The average Bonchev–Trinajstić information content (AvgIpc) is 3.29. The van der Waals surface area contributed by atoms with Crippen molar-refractivity contribution in [1.82, 2.24) is 19.8 Å². The Bertz CT molecular complexity index is 1510. The standard InChI is InChI=1S/C29H28F7N5O/c1-18(16-39(2)27(42)37-15-20-12-21(28(31,32)33)14-22(13-20)29(34,35)36)40(3)26-38-24-6-4-5-7-25(24)41(26)17-19-8-10-23(30)11-9-19/h4-14,18H,15-17H2,1-3H3,(H,37,42). The van der Waals surface area contributed by atoms with Gasteiger partial charge in [0.2, 0.25) is 5.95 Å². The molecule has 1 heterocycles. The molecule has 2 amide bonds. The molecule has 6 nitrogen and oxygen atoms in total. The highest BCUT2D eigenvalue weighted by molar-refractivity contribution is 5.79. The van der Waals surface area contributed by atoms with Gasteiger partial charge in [-0.15, -0.1) is 0 Å². The van der Waals surface area contributed by atoms with Crippen molar-refractivity contribution in [2.24, 2.45) is 0 Å². The number of para-hydroxylation sites is 2. The summed E-state index contributed by atoms with van der Waals surface area (Å²) in [6.07, 6.45) is -9.96. The van der Waals surface area contributed by atoms with E-state index < -0.39 is 36.1 Å². The van der Waals surface area contributed by atoms with Crippen molar-refractivity contribution in [2.75, 3.05) is 25.5 Å². The second-order valence-corrected chi connectivity index (χ2v) is 10.0. The Morgan fingerprint density at radius 3 is 2.10 bits per heavy atom. The summed E-state index contributed by atoms with van der Waals surface area (Å²) in [4.78, 5) is 20.6. The minimum atomic E-state index is -4.98. The van der Waals surface area contributed by atoms with E-state index in [1.807, 2.05) is 40.7 Å². The van der Waals surface area contributed by atoms with Crippen molar-refractivity contribution < 1.29 is 35.5 Å². The number of imidazole rings is 1. The normalized spacial score (nSPS) is 12.8. The number of benzene rings is 3. The Labute approximate surface area is 237 Å². The van der Waals surface area contributed by atoms with Crippen LogP contribution in [0.4, 0.5) is 41.5 Å². The number of aromatic nitrogens is 2. The molecule has 3 aromatic carbocycles. The van der Waals surface area contributed by atoms with E-state index in [4.69, 9.17) is 4.98 Å². The number of amides is 2. The van der Waals surface area contributed by atoms with Crippen LogP contribution in [0.5, 0.6) is 0 Å². The third-order valence-electron chi connectivity index (χ3n) is 6.84. The van der Waals surface area contributed by atoms with Crippen molar-refractivity contribution in [3.05, 3.63) is 94.8 Å². The van der Waals surface area contributed by atoms with E-state index in [-0.39, 0.29) is 30.0 Å². The maximum absolute atomic E-state index is 13.4. The Morgan fingerprint density at radius 2 is 1.50 bits per heavy atom. The maximum Gasteiger partial charge on any atom is 0.416 e. The number of nitrogens with zero attached hydrogens (tertiary/aromatic N) is 4. The van der Waals surface area contributed by atoms with Gasteiger partial charge in [0.25, 0.3) is 0 Å². The molecule has 0 radical (unpaired) electrons. The maximum atomic E-state index is 13.4. The highest BCUT2D eigenvalue weighted by Gasteiger charge is 2.37. The predicted molar refractivity (Wildman–Crippen MR) is 144 cm³/mol. The first kappa shape index (κ1) is 30.7. The van der Waals surface area contributed by atoms with E-state index in [0.29, 0.717) is 24.6 Å². The predicted octanol–water partition coefficient (Wildman–Crippen LogP) is 6.93. The summed E-state index contributed by atoms with van der Waals surface area (Å²) in [6, 6.07) is 13.8. The fourth-order valence-electron chi connectivity index (χ4n) is 4.49. The summed E-state index contributed by atoms with van der Waals surface area (Å²) in [5.41, 5.74) is -0.803. The summed E-state index contributed by atoms with van der Waals surface area (Å²) in [5, 5.41) is 2.39. The molecule has 1 atom stereocenters. The molecule has 0 aliphatic carbocycles. The van der Waals surface area contributed by atoms with Gasteiger partial charge in [-0.2, -0.15) is 26.3 Å². The van der Waals surface area contributed by atoms with Gasteiger partial charge >= 0.3 is 18.4 Å². The van der Waals surface area contributed by atoms with Crippen LogP contribution in [0.3, 0.4) is 0 Å². The Hall–Kier alpha value is -4.29. The van der Waals surface area contributed by atoms with Gasteiger partial charge in [-0.05, 0) is 60.5 Å². The lowest BCUT2D eigenvalue weighted by atomic mass is 10.0. The van der Waals surface area contributed by atoms with Crippen LogP contribution in [0.2, 0.25) is 0 Å². The lowest BCUT2D eigenvalue weighted by Crippen LogP contribution is -2.45. The lowest BCUT2D eigenvalue weighted by molar-refractivity contribution is -0.143. The number of nitrogens with one attached hydrogen (secondary N) is 1.